The monoisotopic (exact) mass is 378 g/mol. The number of benzene rings is 1. The zero-order valence-corrected chi connectivity index (χ0v) is 17.1. The van der Waals surface area contributed by atoms with E-state index >= 15 is 0 Å². The fourth-order valence-electron chi connectivity index (χ4n) is 3.48. The molecule has 1 heterocycles. The average Bonchev–Trinajstić information content (AvgIpc) is 2.67. The molecule has 1 fully saturated rings. The first-order valence-corrected chi connectivity index (χ1v) is 10.2. The topological polar surface area (TPSA) is 48.9 Å². The number of guanidine groups is 1. The predicted molar refractivity (Wildman–Crippen MR) is 109 cm³/mol. The minimum absolute atomic E-state index is 0.235. The number of hydrogen-bond acceptors (Lipinski definition) is 3. The van der Waals surface area contributed by atoms with E-state index in [0.717, 1.165) is 37.6 Å². The van der Waals surface area contributed by atoms with Crippen LogP contribution in [0, 0.1) is 5.82 Å². The van der Waals surface area contributed by atoms with Gasteiger partial charge in [0.15, 0.2) is 5.96 Å². The third kappa shape index (κ3) is 7.46. The fraction of sp³-hybridized carbons (Fsp3) is 0.667. The molecule has 1 unspecified atom stereocenters. The van der Waals surface area contributed by atoms with Crippen molar-refractivity contribution in [3.63, 3.8) is 0 Å². The van der Waals surface area contributed by atoms with Crippen LogP contribution >= 0.6 is 0 Å². The van der Waals surface area contributed by atoms with Gasteiger partial charge in [-0.2, -0.15) is 0 Å². The minimum atomic E-state index is -0.235. The molecule has 1 saturated heterocycles. The second kappa shape index (κ2) is 11.9. The van der Waals surface area contributed by atoms with Gasteiger partial charge >= 0.3 is 0 Å². The zero-order valence-electron chi connectivity index (χ0n) is 17.1. The van der Waals surface area contributed by atoms with E-state index in [9.17, 15) is 4.39 Å². The van der Waals surface area contributed by atoms with Crippen molar-refractivity contribution in [1.82, 2.24) is 15.5 Å². The lowest BCUT2D eigenvalue weighted by Crippen LogP contribution is -2.41. The van der Waals surface area contributed by atoms with Gasteiger partial charge in [0.25, 0.3) is 0 Å². The van der Waals surface area contributed by atoms with E-state index in [-0.39, 0.29) is 12.4 Å². The van der Waals surface area contributed by atoms with Crippen LogP contribution in [0.1, 0.15) is 50.7 Å². The third-order valence-corrected chi connectivity index (χ3v) is 5.03. The Bertz CT molecular complexity index is 594. The highest BCUT2D eigenvalue weighted by atomic mass is 19.1. The summed E-state index contributed by atoms with van der Waals surface area (Å²) in [5.41, 5.74) is 1.54. The summed E-state index contributed by atoms with van der Waals surface area (Å²) in [6.45, 7) is 9.24. The van der Waals surface area contributed by atoms with Crippen LogP contribution in [0.15, 0.2) is 23.2 Å². The lowest BCUT2D eigenvalue weighted by Gasteiger charge is -2.33. The number of ether oxygens (including phenoxy) is 1. The van der Waals surface area contributed by atoms with Crippen LogP contribution in [0.5, 0.6) is 0 Å². The average molecular weight is 379 g/mol. The van der Waals surface area contributed by atoms with Gasteiger partial charge in [-0.15, -0.1) is 0 Å². The number of piperidine rings is 1. The highest BCUT2D eigenvalue weighted by molar-refractivity contribution is 5.79. The Balaban J connectivity index is 1.82. The Morgan fingerprint density at radius 2 is 2.19 bits per heavy atom. The van der Waals surface area contributed by atoms with Crippen molar-refractivity contribution in [3.8, 4) is 0 Å². The molecule has 6 heteroatoms. The Labute approximate surface area is 163 Å². The van der Waals surface area contributed by atoms with E-state index in [4.69, 9.17) is 4.74 Å². The van der Waals surface area contributed by atoms with Crippen molar-refractivity contribution in [2.24, 2.45) is 4.99 Å². The number of nitrogens with zero attached hydrogens (tertiary/aromatic N) is 2. The van der Waals surface area contributed by atoms with E-state index in [1.807, 2.05) is 6.07 Å². The number of rotatable bonds is 9. The Morgan fingerprint density at radius 3 is 2.93 bits per heavy atom. The maximum atomic E-state index is 13.7. The van der Waals surface area contributed by atoms with Crippen molar-refractivity contribution in [3.05, 3.63) is 35.1 Å². The fourth-order valence-corrected chi connectivity index (χ4v) is 3.48. The van der Waals surface area contributed by atoms with Gasteiger partial charge in [0.05, 0.1) is 13.2 Å². The third-order valence-electron chi connectivity index (χ3n) is 5.03. The van der Waals surface area contributed by atoms with Crippen LogP contribution in [-0.2, 0) is 17.9 Å². The molecule has 0 aliphatic carbocycles. The molecule has 5 nitrogen and oxygen atoms in total. The summed E-state index contributed by atoms with van der Waals surface area (Å²) in [6.07, 6.45) is 5.11. The molecule has 0 saturated carbocycles. The summed E-state index contributed by atoms with van der Waals surface area (Å²) < 4.78 is 18.8. The minimum Gasteiger partial charge on any atom is -0.380 e. The van der Waals surface area contributed by atoms with Crippen LogP contribution in [-0.4, -0.2) is 50.2 Å². The molecule has 152 valence electrons. The van der Waals surface area contributed by atoms with E-state index < -0.39 is 0 Å². The molecule has 2 N–H and O–H groups in total. The van der Waals surface area contributed by atoms with Crippen molar-refractivity contribution in [2.45, 2.75) is 58.7 Å². The molecule has 0 radical (unpaired) electrons. The van der Waals surface area contributed by atoms with Crippen molar-refractivity contribution in [1.29, 1.82) is 0 Å². The normalized spacial score (nSPS) is 18.5. The first-order chi connectivity index (χ1) is 13.1. The van der Waals surface area contributed by atoms with Crippen LogP contribution in [0.4, 0.5) is 4.39 Å². The summed E-state index contributed by atoms with van der Waals surface area (Å²) in [7, 11) is 1.57. The maximum absolute atomic E-state index is 13.7. The lowest BCUT2D eigenvalue weighted by molar-refractivity contribution is 0.159. The summed E-state index contributed by atoms with van der Waals surface area (Å²) in [4.78, 5) is 7.22. The van der Waals surface area contributed by atoms with Crippen LogP contribution in [0.25, 0.3) is 0 Å². The first kappa shape index (κ1) is 21.6. The summed E-state index contributed by atoms with van der Waals surface area (Å²) in [5, 5.41) is 6.69. The maximum Gasteiger partial charge on any atom is 0.191 e. The number of halogens is 1. The molecule has 1 atom stereocenters. The molecule has 1 aliphatic rings. The number of methoxy groups -OCH3 is 1. The van der Waals surface area contributed by atoms with Gasteiger partial charge in [-0.1, -0.05) is 12.5 Å². The van der Waals surface area contributed by atoms with Gasteiger partial charge in [0.1, 0.15) is 5.82 Å². The number of hydrogen-bond donors (Lipinski definition) is 2. The number of nitrogens with one attached hydrogen (secondary N) is 2. The molecule has 2 rings (SSSR count). The molecule has 0 bridgehead atoms. The molecular formula is C21H35FN4O. The summed E-state index contributed by atoms with van der Waals surface area (Å²) >= 11 is 0. The Hall–Kier alpha value is -1.66. The van der Waals surface area contributed by atoms with E-state index in [1.165, 1.54) is 31.9 Å². The van der Waals surface area contributed by atoms with Crippen molar-refractivity contribution in [2.75, 3.05) is 33.3 Å². The highest BCUT2D eigenvalue weighted by Gasteiger charge is 2.17. The molecule has 1 aromatic carbocycles. The molecule has 1 aromatic rings. The molecule has 27 heavy (non-hydrogen) atoms. The summed E-state index contributed by atoms with van der Waals surface area (Å²) in [5.74, 6) is 0.573. The standard InChI is InChI=1S/C21H35FN4O/c1-4-23-21(24-11-7-13-26-12-6-5-8-17(26)2)25-15-18-9-10-20(22)19(14-18)16-27-3/h9-10,14,17H,4-8,11-13,15-16H2,1-3H3,(H2,23,24,25). The van der Waals surface area contributed by atoms with Gasteiger partial charge in [-0.3, -0.25) is 0 Å². The van der Waals surface area contributed by atoms with Crippen LogP contribution in [0.2, 0.25) is 0 Å². The second-order valence-corrected chi connectivity index (χ2v) is 7.22. The van der Waals surface area contributed by atoms with Gasteiger partial charge in [-0.05, 0) is 57.4 Å². The SMILES string of the molecule is CCNC(=NCc1ccc(F)c(COC)c1)NCCCN1CCCCC1C. The molecule has 1 aliphatic heterocycles. The zero-order chi connectivity index (χ0) is 19.5. The van der Waals surface area contributed by atoms with Gasteiger partial charge in [-0.25, -0.2) is 9.38 Å². The number of likely N-dealkylation sites (tertiary alicyclic amines) is 1. The van der Waals surface area contributed by atoms with E-state index in [1.54, 1.807) is 13.2 Å². The summed E-state index contributed by atoms with van der Waals surface area (Å²) in [6, 6.07) is 5.79. The largest absolute Gasteiger partial charge is 0.380 e. The Morgan fingerprint density at radius 1 is 1.33 bits per heavy atom. The van der Waals surface area contributed by atoms with Crippen LogP contribution in [0.3, 0.4) is 0 Å². The highest BCUT2D eigenvalue weighted by Crippen LogP contribution is 2.16. The molecule has 0 spiro atoms. The smallest absolute Gasteiger partial charge is 0.191 e. The van der Waals surface area contributed by atoms with Crippen molar-refractivity contribution < 1.29 is 9.13 Å². The molecule has 0 amide bonds. The second-order valence-electron chi connectivity index (χ2n) is 7.22. The van der Waals surface area contributed by atoms with Gasteiger partial charge < -0.3 is 20.3 Å². The quantitative estimate of drug-likeness (QED) is 0.393. The Kier molecular flexibility index (Phi) is 9.56. The predicted octanol–water partition coefficient (Wildman–Crippen LogP) is 3.29. The molecule has 0 aromatic heterocycles. The number of aliphatic imine (C=N–C) groups is 1. The van der Waals surface area contributed by atoms with Crippen molar-refractivity contribution >= 4 is 5.96 Å². The van der Waals surface area contributed by atoms with Gasteiger partial charge in [0, 0.05) is 38.3 Å². The van der Waals surface area contributed by atoms with Gasteiger partial charge in [0.2, 0.25) is 0 Å². The lowest BCUT2D eigenvalue weighted by atomic mass is 10.0. The first-order valence-electron chi connectivity index (χ1n) is 10.2. The van der Waals surface area contributed by atoms with E-state index in [0.29, 0.717) is 18.2 Å². The van der Waals surface area contributed by atoms with E-state index in [2.05, 4.69) is 34.4 Å². The molecular weight excluding hydrogens is 343 g/mol. The van der Waals surface area contributed by atoms with Crippen LogP contribution < -0.4 is 10.6 Å².